The van der Waals surface area contributed by atoms with Gasteiger partial charge >= 0.3 is 0 Å². The maximum Gasteiger partial charge on any atom is 0.259 e. The van der Waals surface area contributed by atoms with Crippen LogP contribution in [-0.4, -0.2) is 10.9 Å². The van der Waals surface area contributed by atoms with E-state index in [1.165, 1.54) is 0 Å². The van der Waals surface area contributed by atoms with Crippen LogP contribution in [0, 0.1) is 0 Å². The molecule has 0 fully saturated rings. The normalized spacial score (nSPS) is 10.5. The van der Waals surface area contributed by atoms with Crippen LogP contribution in [0.5, 0.6) is 11.5 Å². The zero-order chi connectivity index (χ0) is 17.8. The van der Waals surface area contributed by atoms with Crippen LogP contribution in [0.2, 0.25) is 0 Å². The van der Waals surface area contributed by atoms with Gasteiger partial charge in [-0.15, -0.1) is 0 Å². The lowest BCUT2D eigenvalue weighted by atomic mass is 10.1. The Morgan fingerprint density at radius 2 is 1.62 bits per heavy atom. The molecule has 0 bridgehead atoms. The molecule has 0 aliphatic rings. The van der Waals surface area contributed by atoms with Gasteiger partial charge in [0.2, 0.25) is 0 Å². The van der Waals surface area contributed by atoms with Gasteiger partial charge < -0.3 is 10.1 Å². The molecule has 4 rings (SSSR count). The lowest BCUT2D eigenvalue weighted by Crippen LogP contribution is -2.13. The monoisotopic (exact) mass is 340 g/mol. The van der Waals surface area contributed by atoms with E-state index < -0.39 is 0 Å². The number of anilines is 1. The zero-order valence-electron chi connectivity index (χ0n) is 13.9. The molecular weight excluding hydrogens is 324 g/mol. The van der Waals surface area contributed by atoms with Crippen LogP contribution in [0.3, 0.4) is 0 Å². The van der Waals surface area contributed by atoms with Crippen molar-refractivity contribution in [3.05, 3.63) is 96.7 Å². The van der Waals surface area contributed by atoms with Crippen molar-refractivity contribution in [2.24, 2.45) is 0 Å². The number of carbonyl (C=O) groups is 1. The van der Waals surface area contributed by atoms with E-state index in [1.807, 2.05) is 72.8 Å². The van der Waals surface area contributed by atoms with Gasteiger partial charge in [0.1, 0.15) is 11.5 Å². The molecule has 1 aromatic heterocycles. The number of nitrogens with zero attached hydrogens (tertiary/aromatic N) is 1. The fourth-order valence-corrected chi connectivity index (χ4v) is 2.76. The molecule has 4 aromatic rings. The van der Waals surface area contributed by atoms with Crippen LogP contribution in [0.4, 0.5) is 5.69 Å². The van der Waals surface area contributed by atoms with Crippen LogP contribution in [0.25, 0.3) is 10.9 Å². The van der Waals surface area contributed by atoms with Crippen molar-refractivity contribution in [3.63, 3.8) is 0 Å². The smallest absolute Gasteiger partial charge is 0.259 e. The first-order valence-corrected chi connectivity index (χ1v) is 8.28. The number of amides is 1. The third-order valence-corrected chi connectivity index (χ3v) is 4.00. The summed E-state index contributed by atoms with van der Waals surface area (Å²) in [6, 6.07) is 26.0. The Kier molecular flexibility index (Phi) is 4.31. The molecule has 0 atom stereocenters. The van der Waals surface area contributed by atoms with Gasteiger partial charge in [0.25, 0.3) is 5.91 Å². The highest BCUT2D eigenvalue weighted by atomic mass is 16.5. The highest BCUT2D eigenvalue weighted by Gasteiger charge is 2.14. The first-order valence-electron chi connectivity index (χ1n) is 8.28. The summed E-state index contributed by atoms with van der Waals surface area (Å²) in [6.07, 6.45) is 1.73. The van der Waals surface area contributed by atoms with E-state index in [0.29, 0.717) is 17.1 Å². The highest BCUT2D eigenvalue weighted by molar-refractivity contribution is 6.10. The molecule has 126 valence electrons. The Morgan fingerprint density at radius 3 is 2.50 bits per heavy atom. The Bertz CT molecular complexity index is 1060. The average molecular weight is 340 g/mol. The number of benzene rings is 3. The summed E-state index contributed by atoms with van der Waals surface area (Å²) in [5.41, 5.74) is 2.02. The standard InChI is InChI=1S/C22H16N2O2/c25-22(24-20-13-6-12-19-17(20)11-7-15-23-19)18-10-4-5-14-21(18)26-16-8-2-1-3-9-16/h1-15H,(H,24,25). The lowest BCUT2D eigenvalue weighted by molar-refractivity contribution is 0.102. The van der Waals surface area contributed by atoms with E-state index in [2.05, 4.69) is 10.3 Å². The number of nitrogens with one attached hydrogen (secondary N) is 1. The fourth-order valence-electron chi connectivity index (χ4n) is 2.76. The maximum atomic E-state index is 12.9. The van der Waals surface area contributed by atoms with Gasteiger partial charge in [-0.3, -0.25) is 9.78 Å². The summed E-state index contributed by atoms with van der Waals surface area (Å²) in [7, 11) is 0. The molecule has 26 heavy (non-hydrogen) atoms. The predicted octanol–water partition coefficient (Wildman–Crippen LogP) is 5.28. The van der Waals surface area contributed by atoms with Gasteiger partial charge in [0.15, 0.2) is 0 Å². The summed E-state index contributed by atoms with van der Waals surface area (Å²) >= 11 is 0. The first-order chi connectivity index (χ1) is 12.8. The predicted molar refractivity (Wildman–Crippen MR) is 103 cm³/mol. The molecule has 3 aromatic carbocycles. The number of hydrogen-bond acceptors (Lipinski definition) is 3. The van der Waals surface area contributed by atoms with Crippen molar-refractivity contribution in [1.82, 2.24) is 4.98 Å². The molecule has 0 aliphatic heterocycles. The molecule has 4 heteroatoms. The van der Waals surface area contributed by atoms with E-state index in [4.69, 9.17) is 4.74 Å². The Morgan fingerprint density at radius 1 is 0.808 bits per heavy atom. The molecule has 1 heterocycles. The zero-order valence-corrected chi connectivity index (χ0v) is 13.9. The van der Waals surface area contributed by atoms with Gasteiger partial charge in [-0.2, -0.15) is 0 Å². The van der Waals surface area contributed by atoms with E-state index in [-0.39, 0.29) is 5.91 Å². The minimum atomic E-state index is -0.229. The molecule has 0 spiro atoms. The number of carbonyl (C=O) groups excluding carboxylic acids is 1. The Labute approximate surface area is 151 Å². The third-order valence-electron chi connectivity index (χ3n) is 4.00. The number of ether oxygens (including phenoxy) is 1. The number of pyridine rings is 1. The van der Waals surface area contributed by atoms with Crippen molar-refractivity contribution in [2.75, 3.05) is 5.32 Å². The minimum Gasteiger partial charge on any atom is -0.457 e. The molecule has 0 saturated heterocycles. The summed E-state index contributed by atoms with van der Waals surface area (Å²) < 4.78 is 5.88. The third kappa shape index (κ3) is 3.26. The van der Waals surface area contributed by atoms with Crippen LogP contribution in [0.1, 0.15) is 10.4 Å². The van der Waals surface area contributed by atoms with Gasteiger partial charge in [-0.1, -0.05) is 36.4 Å². The average Bonchev–Trinajstić information content (AvgIpc) is 2.69. The molecule has 0 saturated carbocycles. The van der Waals surface area contributed by atoms with E-state index >= 15 is 0 Å². The van der Waals surface area contributed by atoms with Crippen LogP contribution < -0.4 is 10.1 Å². The summed E-state index contributed by atoms with van der Waals surface area (Å²) in [4.78, 5) is 17.2. The van der Waals surface area contributed by atoms with Gasteiger partial charge in [-0.05, 0) is 48.5 Å². The molecule has 1 N–H and O–H groups in total. The number of aromatic nitrogens is 1. The van der Waals surface area contributed by atoms with Crippen LogP contribution in [0.15, 0.2) is 91.1 Å². The number of hydrogen-bond donors (Lipinski definition) is 1. The SMILES string of the molecule is O=C(Nc1cccc2ncccc12)c1ccccc1Oc1ccccc1. The molecule has 0 aliphatic carbocycles. The van der Waals surface area contributed by atoms with Crippen molar-refractivity contribution >= 4 is 22.5 Å². The molecule has 0 unspecified atom stereocenters. The van der Waals surface area contributed by atoms with E-state index in [0.717, 1.165) is 16.6 Å². The molecule has 4 nitrogen and oxygen atoms in total. The van der Waals surface area contributed by atoms with Crippen molar-refractivity contribution in [1.29, 1.82) is 0 Å². The Hall–Kier alpha value is -3.66. The van der Waals surface area contributed by atoms with E-state index in [1.54, 1.807) is 18.3 Å². The number of para-hydroxylation sites is 2. The van der Waals surface area contributed by atoms with E-state index in [9.17, 15) is 4.79 Å². The lowest BCUT2D eigenvalue weighted by Gasteiger charge is -2.12. The first kappa shape index (κ1) is 15.8. The largest absolute Gasteiger partial charge is 0.457 e. The minimum absolute atomic E-state index is 0.229. The second-order valence-corrected chi connectivity index (χ2v) is 5.74. The Balaban J connectivity index is 1.64. The molecule has 0 radical (unpaired) electrons. The maximum absolute atomic E-state index is 12.9. The molecular formula is C22H16N2O2. The topological polar surface area (TPSA) is 51.2 Å². The quantitative estimate of drug-likeness (QED) is 0.550. The number of rotatable bonds is 4. The number of fused-ring (bicyclic) bond motifs is 1. The second-order valence-electron chi connectivity index (χ2n) is 5.74. The highest BCUT2D eigenvalue weighted by Crippen LogP contribution is 2.27. The van der Waals surface area contributed by atoms with Crippen LogP contribution in [-0.2, 0) is 0 Å². The van der Waals surface area contributed by atoms with Gasteiger partial charge in [0, 0.05) is 11.6 Å². The summed E-state index contributed by atoms with van der Waals surface area (Å²) in [5, 5.41) is 3.86. The van der Waals surface area contributed by atoms with Gasteiger partial charge in [-0.25, -0.2) is 0 Å². The van der Waals surface area contributed by atoms with Crippen molar-refractivity contribution < 1.29 is 9.53 Å². The second kappa shape index (κ2) is 7.07. The van der Waals surface area contributed by atoms with Gasteiger partial charge in [0.05, 0.1) is 16.8 Å². The van der Waals surface area contributed by atoms with Crippen LogP contribution >= 0.6 is 0 Å². The summed E-state index contributed by atoms with van der Waals surface area (Å²) in [6.45, 7) is 0. The molecule has 1 amide bonds. The van der Waals surface area contributed by atoms with Crippen molar-refractivity contribution in [3.8, 4) is 11.5 Å². The summed E-state index contributed by atoms with van der Waals surface area (Å²) in [5.74, 6) is 0.963. The fraction of sp³-hybridized carbons (Fsp3) is 0. The van der Waals surface area contributed by atoms with Crippen molar-refractivity contribution in [2.45, 2.75) is 0 Å².